The first-order chi connectivity index (χ1) is 55.4. The molecule has 0 aliphatic rings. The molecular weight excluding hydrogens is 1470 g/mol. The van der Waals surface area contributed by atoms with Crippen LogP contribution in [0.15, 0.2) is 158 Å². The fraction of sp³-hybridized carbons (Fsp3) is 0.429. The van der Waals surface area contributed by atoms with Crippen molar-refractivity contribution in [3.05, 3.63) is 213 Å². The zero-order valence-corrected chi connectivity index (χ0v) is 78.2. The molecule has 0 aliphatic carbocycles. The summed E-state index contributed by atoms with van der Waals surface area (Å²) in [6.45, 7) is 62.5. The number of benzene rings is 9. The van der Waals surface area contributed by atoms with Gasteiger partial charge in [-0.3, -0.25) is 0 Å². The maximum Gasteiger partial charge on any atom is 0.138 e. The third kappa shape index (κ3) is 18.3. The minimum Gasteiger partial charge on any atom is -0.492 e. The Morgan fingerprint density at radius 3 is 0.831 bits per heavy atom. The van der Waals surface area contributed by atoms with Crippen LogP contribution in [0.3, 0.4) is 0 Å². The van der Waals surface area contributed by atoms with Crippen molar-refractivity contribution in [2.24, 2.45) is 0 Å². The Hall–Kier alpha value is -8.86. The molecule has 0 atom stereocenters. The van der Waals surface area contributed by atoms with E-state index in [4.69, 9.17) is 9.47 Å². The number of ether oxygens (including phenoxy) is 2. The van der Waals surface area contributed by atoms with E-state index in [-0.39, 0.29) is 43.3 Å². The summed E-state index contributed by atoms with van der Waals surface area (Å²) in [5, 5.41) is 9.36. The number of aromatic amines is 2. The number of H-pyrrole nitrogens is 2. The molecule has 8 bridgehead atoms. The fourth-order valence-electron chi connectivity index (χ4n) is 16.9. The standard InChI is InChI=1S/C112H134N2O2S2/c1-27-29-31-33-35-37-46-115-95-40-39-41-96(116-47-38-36-34-32-30-28-2)86(95)43-42-69-64-99-93-62-76(72-52-82(109(15,16)17)67-83(53-72)110(18,19)20)58-88-87-56-74(70-48-78(105(3,4)5)65-79(49-70)106(6,7)8)60-91(100(87)113-102(88)93)97-44-45-98(117-97)92-61-75(71-50-80(107(9,10)11)66-81(51-71)108(12,13)14)57-89-90-59-77(63-94(104(69)118-99)103(90)114-101(89)92)73-54-84(111(21,22)23)68-85(55-73)112(24,25)26/h39-41,44-45,48-68,113-114H,27-38,46-47H2,1-26H3. The molecule has 0 amide bonds. The zero-order valence-electron chi connectivity index (χ0n) is 76.5. The smallest absolute Gasteiger partial charge is 0.138 e. The molecule has 118 heavy (non-hydrogen) atoms. The van der Waals surface area contributed by atoms with Gasteiger partial charge in [-0.2, -0.15) is 0 Å². The van der Waals surface area contributed by atoms with Gasteiger partial charge in [0.2, 0.25) is 0 Å². The average molecular weight is 1600 g/mol. The summed E-state index contributed by atoms with van der Waals surface area (Å²) in [4.78, 5) is 8.77. The maximum absolute atomic E-state index is 6.97. The molecule has 616 valence electrons. The van der Waals surface area contributed by atoms with Crippen LogP contribution in [0.2, 0.25) is 0 Å². The highest BCUT2D eigenvalue weighted by Gasteiger charge is 2.29. The monoisotopic (exact) mass is 1600 g/mol. The van der Waals surface area contributed by atoms with Gasteiger partial charge in [0, 0.05) is 62.8 Å². The van der Waals surface area contributed by atoms with E-state index in [0.717, 1.165) is 90.5 Å². The van der Waals surface area contributed by atoms with E-state index in [2.05, 4.69) is 360 Å². The Labute approximate surface area is 715 Å². The third-order valence-corrected chi connectivity index (χ3v) is 27.2. The Morgan fingerprint density at radius 2 is 0.525 bits per heavy atom. The maximum atomic E-state index is 6.97. The predicted octanol–water partition coefficient (Wildman–Crippen LogP) is 34.2. The van der Waals surface area contributed by atoms with E-state index < -0.39 is 0 Å². The van der Waals surface area contributed by atoms with Crippen molar-refractivity contribution in [3.8, 4) is 67.8 Å². The van der Waals surface area contributed by atoms with Crippen molar-refractivity contribution in [2.75, 3.05) is 13.2 Å². The number of rotatable bonds is 20. The van der Waals surface area contributed by atoms with E-state index in [1.54, 1.807) is 0 Å². The highest BCUT2D eigenvalue weighted by Crippen LogP contribution is 2.50. The van der Waals surface area contributed by atoms with Crippen molar-refractivity contribution in [2.45, 2.75) is 300 Å². The summed E-state index contributed by atoms with van der Waals surface area (Å²) in [6, 6.07) is 63.5. The molecule has 14 aromatic rings. The number of thiophene rings is 2. The summed E-state index contributed by atoms with van der Waals surface area (Å²) in [7, 11) is 0. The van der Waals surface area contributed by atoms with Crippen molar-refractivity contribution in [1.29, 1.82) is 0 Å². The average Bonchev–Trinajstić information content (AvgIpc) is 1.56. The van der Waals surface area contributed by atoms with Crippen LogP contribution < -0.4 is 9.47 Å². The molecule has 4 nitrogen and oxygen atoms in total. The summed E-state index contributed by atoms with van der Waals surface area (Å²) in [6.07, 6.45) is 14.1. The van der Waals surface area contributed by atoms with E-state index in [1.807, 2.05) is 22.7 Å². The zero-order chi connectivity index (χ0) is 84.7. The number of hydrogen-bond donors (Lipinski definition) is 2. The summed E-state index contributed by atoms with van der Waals surface area (Å²) in [5.74, 6) is 9.56. The van der Waals surface area contributed by atoms with Gasteiger partial charge < -0.3 is 19.4 Å². The van der Waals surface area contributed by atoms with Crippen LogP contribution in [0.1, 0.15) is 313 Å². The van der Waals surface area contributed by atoms with Crippen LogP contribution >= 0.6 is 22.7 Å². The molecule has 0 aliphatic heterocycles. The minimum absolute atomic E-state index is 0.0936. The molecule has 2 N–H and O–H groups in total. The number of nitrogens with one attached hydrogen (secondary N) is 2. The van der Waals surface area contributed by atoms with E-state index in [0.29, 0.717) is 13.2 Å². The molecule has 0 unspecified atom stereocenters. The first-order valence-corrected chi connectivity index (χ1v) is 46.1. The number of fused-ring (bicyclic) bond motifs is 10. The summed E-state index contributed by atoms with van der Waals surface area (Å²) < 4.78 is 18.6. The van der Waals surface area contributed by atoms with Gasteiger partial charge in [-0.25, -0.2) is 0 Å². The fourth-order valence-corrected chi connectivity index (χ4v) is 19.1. The topological polar surface area (TPSA) is 50.0 Å². The van der Waals surface area contributed by atoms with Crippen LogP contribution in [0, 0.1) is 11.8 Å². The molecule has 0 fully saturated rings. The second-order valence-electron chi connectivity index (χ2n) is 42.9. The Kier molecular flexibility index (Phi) is 23.6. The first-order valence-electron chi connectivity index (χ1n) is 44.5. The lowest BCUT2D eigenvalue weighted by Gasteiger charge is -2.26. The van der Waals surface area contributed by atoms with Crippen LogP contribution in [0.25, 0.3) is 128 Å². The first kappa shape index (κ1) is 85.6. The minimum atomic E-state index is -0.124. The van der Waals surface area contributed by atoms with Gasteiger partial charge in [0.15, 0.2) is 0 Å². The lowest BCUT2D eigenvalue weighted by molar-refractivity contribution is 0.288. The van der Waals surface area contributed by atoms with Gasteiger partial charge in [-0.1, -0.05) is 335 Å². The molecule has 5 aromatic heterocycles. The van der Waals surface area contributed by atoms with Gasteiger partial charge in [0.05, 0.1) is 40.0 Å². The molecule has 0 spiro atoms. The molecule has 0 saturated heterocycles. The van der Waals surface area contributed by atoms with Gasteiger partial charge in [0.25, 0.3) is 0 Å². The Balaban J connectivity index is 1.20. The molecule has 9 aromatic carbocycles. The van der Waals surface area contributed by atoms with Crippen LogP contribution in [-0.2, 0) is 43.3 Å². The van der Waals surface area contributed by atoms with E-state index >= 15 is 0 Å². The van der Waals surface area contributed by atoms with Gasteiger partial charge in [-0.05, 0) is 224 Å². The van der Waals surface area contributed by atoms with Crippen molar-refractivity contribution in [3.63, 3.8) is 0 Å². The van der Waals surface area contributed by atoms with Crippen molar-refractivity contribution < 1.29 is 9.47 Å². The van der Waals surface area contributed by atoms with E-state index in [1.165, 1.54) is 182 Å². The highest BCUT2D eigenvalue weighted by molar-refractivity contribution is 7.25. The van der Waals surface area contributed by atoms with Crippen LogP contribution in [0.4, 0.5) is 0 Å². The van der Waals surface area contributed by atoms with Crippen molar-refractivity contribution in [1.82, 2.24) is 9.97 Å². The second kappa shape index (κ2) is 32.6. The lowest BCUT2D eigenvalue weighted by atomic mass is 9.78. The highest BCUT2D eigenvalue weighted by atomic mass is 32.1. The number of aromatic nitrogens is 2. The molecule has 0 saturated carbocycles. The summed E-state index contributed by atoms with van der Waals surface area (Å²) >= 11 is 3.78. The Morgan fingerprint density at radius 1 is 0.263 bits per heavy atom. The third-order valence-electron chi connectivity index (χ3n) is 24.8. The van der Waals surface area contributed by atoms with Gasteiger partial charge >= 0.3 is 0 Å². The number of unbranched alkanes of at least 4 members (excludes halogenated alkanes) is 10. The Bertz CT molecular complexity index is 6070. The molecule has 6 heteroatoms. The lowest BCUT2D eigenvalue weighted by Crippen LogP contribution is -2.16. The van der Waals surface area contributed by atoms with Gasteiger partial charge in [0.1, 0.15) is 17.1 Å². The molecule has 0 radical (unpaired) electrons. The van der Waals surface area contributed by atoms with Gasteiger partial charge in [-0.15, -0.1) is 22.7 Å². The number of hydrogen-bond acceptors (Lipinski definition) is 4. The summed E-state index contributed by atoms with van der Waals surface area (Å²) in [5.41, 5.74) is 25.5. The molecule has 14 rings (SSSR count). The largest absolute Gasteiger partial charge is 0.492 e. The second-order valence-corrected chi connectivity index (χ2v) is 45.0. The van der Waals surface area contributed by atoms with Crippen molar-refractivity contribution >= 4 is 107 Å². The SMILES string of the molecule is CCCCCCCCOc1cccc(OCCCCCCCC)c1C#Cc1cc2sc1c1cc(-c3cc(C(C)(C)C)cc(C(C)(C)C)c3)cc3c4cc(-c5cc(C(C)(C)C)cc(C(C)(C)C)c5)cc(c5ccc(s5)c5cc(-c6cc(C(C)(C)C)cc(C(C)(C)C)c6)cc6c7cc(-c8cc(C(C)(C)C)cc(C(C)(C)C)c8)cc2c7[nH]c56)c4[nH]c13. The van der Waals surface area contributed by atoms with Crippen LogP contribution in [-0.4, -0.2) is 23.2 Å². The molecule has 5 heterocycles. The van der Waals surface area contributed by atoms with E-state index in [9.17, 15) is 0 Å². The quantitative estimate of drug-likeness (QED) is 0.0590. The predicted molar refractivity (Wildman–Crippen MR) is 521 cm³/mol. The normalized spacial score (nSPS) is 13.1. The van der Waals surface area contributed by atoms with Crippen LogP contribution in [0.5, 0.6) is 11.5 Å². The molecular formula is C112H134N2O2S2.